The van der Waals surface area contributed by atoms with Crippen LogP contribution in [-0.2, 0) is 6.42 Å². The lowest BCUT2D eigenvalue weighted by atomic mass is 10.1. The number of benzene rings is 1. The molecule has 2 aromatic rings. The molecule has 1 aromatic heterocycles. The minimum Gasteiger partial charge on any atom is -0.481 e. The Morgan fingerprint density at radius 2 is 2.05 bits per heavy atom. The highest BCUT2D eigenvalue weighted by Gasteiger charge is 2.12. The summed E-state index contributed by atoms with van der Waals surface area (Å²) in [5.41, 5.74) is 1.68. The third-order valence-electron chi connectivity index (χ3n) is 2.54. The lowest BCUT2D eigenvalue weighted by Gasteiger charge is -2.11. The van der Waals surface area contributed by atoms with Gasteiger partial charge in [-0.15, -0.1) is 0 Å². The second-order valence-electron chi connectivity index (χ2n) is 3.93. The number of rotatable bonds is 4. The van der Waals surface area contributed by atoms with Gasteiger partial charge in [-0.25, -0.2) is 14.4 Å². The molecule has 19 heavy (non-hydrogen) atoms. The molecule has 1 unspecified atom stereocenters. The Balaban J connectivity index is 2.17. The van der Waals surface area contributed by atoms with Crippen molar-refractivity contribution in [1.82, 2.24) is 9.97 Å². The van der Waals surface area contributed by atoms with Gasteiger partial charge in [-0.2, -0.15) is 0 Å². The standard InChI is InChI=1S/C13H11Br2FN2O/c1-19-13-6-11(17-7-18-13)5-12(15)8-2-9(14)4-10(16)3-8/h2-4,6-7,12H,5H2,1H3. The lowest BCUT2D eigenvalue weighted by Crippen LogP contribution is -2.00. The average molecular weight is 390 g/mol. The number of aromatic nitrogens is 2. The molecule has 0 radical (unpaired) electrons. The molecule has 2 rings (SSSR count). The molecule has 3 nitrogen and oxygen atoms in total. The van der Waals surface area contributed by atoms with E-state index in [1.165, 1.54) is 18.5 Å². The molecule has 1 aromatic carbocycles. The van der Waals surface area contributed by atoms with Crippen LogP contribution in [0.15, 0.2) is 35.1 Å². The van der Waals surface area contributed by atoms with E-state index in [1.54, 1.807) is 13.2 Å². The van der Waals surface area contributed by atoms with E-state index in [9.17, 15) is 4.39 Å². The molecule has 100 valence electrons. The number of hydrogen-bond acceptors (Lipinski definition) is 3. The van der Waals surface area contributed by atoms with Crippen LogP contribution in [0.2, 0.25) is 0 Å². The molecular weight excluding hydrogens is 379 g/mol. The second-order valence-corrected chi connectivity index (χ2v) is 5.95. The van der Waals surface area contributed by atoms with Gasteiger partial charge in [0, 0.05) is 27.5 Å². The summed E-state index contributed by atoms with van der Waals surface area (Å²) in [7, 11) is 1.56. The summed E-state index contributed by atoms with van der Waals surface area (Å²) in [6.45, 7) is 0. The van der Waals surface area contributed by atoms with Crippen LogP contribution in [0, 0.1) is 5.82 Å². The van der Waals surface area contributed by atoms with E-state index in [2.05, 4.69) is 41.8 Å². The van der Waals surface area contributed by atoms with Crippen LogP contribution in [0.4, 0.5) is 4.39 Å². The van der Waals surface area contributed by atoms with E-state index < -0.39 is 0 Å². The minimum atomic E-state index is -0.269. The highest BCUT2D eigenvalue weighted by molar-refractivity contribution is 9.10. The van der Waals surface area contributed by atoms with Crippen molar-refractivity contribution in [2.45, 2.75) is 11.2 Å². The third-order valence-corrected chi connectivity index (χ3v) is 3.85. The van der Waals surface area contributed by atoms with Gasteiger partial charge >= 0.3 is 0 Å². The molecule has 0 fully saturated rings. The largest absolute Gasteiger partial charge is 0.481 e. The highest BCUT2D eigenvalue weighted by Crippen LogP contribution is 2.29. The molecule has 0 saturated carbocycles. The molecule has 0 amide bonds. The number of methoxy groups -OCH3 is 1. The quantitative estimate of drug-likeness (QED) is 0.739. The predicted molar refractivity (Wildman–Crippen MR) is 78.1 cm³/mol. The smallest absolute Gasteiger partial charge is 0.216 e. The van der Waals surface area contributed by atoms with Gasteiger partial charge in [0.15, 0.2) is 0 Å². The van der Waals surface area contributed by atoms with E-state index in [-0.39, 0.29) is 10.6 Å². The Morgan fingerprint density at radius 3 is 2.74 bits per heavy atom. The van der Waals surface area contributed by atoms with Gasteiger partial charge in [0.2, 0.25) is 5.88 Å². The molecule has 0 saturated heterocycles. The van der Waals surface area contributed by atoms with Gasteiger partial charge in [0.1, 0.15) is 12.1 Å². The van der Waals surface area contributed by atoms with Crippen molar-refractivity contribution in [3.8, 4) is 5.88 Å². The Hall–Kier alpha value is -1.01. The van der Waals surface area contributed by atoms with Crippen molar-refractivity contribution in [2.75, 3.05) is 7.11 Å². The summed E-state index contributed by atoms with van der Waals surface area (Å²) < 4.78 is 19.1. The van der Waals surface area contributed by atoms with Crippen molar-refractivity contribution >= 4 is 31.9 Å². The zero-order chi connectivity index (χ0) is 13.8. The highest BCUT2D eigenvalue weighted by atomic mass is 79.9. The maximum atomic E-state index is 13.3. The van der Waals surface area contributed by atoms with E-state index in [0.29, 0.717) is 16.8 Å². The molecule has 1 heterocycles. The molecule has 0 aliphatic heterocycles. The first kappa shape index (κ1) is 14.4. The van der Waals surface area contributed by atoms with Gasteiger partial charge in [-0.3, -0.25) is 0 Å². The molecule has 0 spiro atoms. The average Bonchev–Trinajstić information content (AvgIpc) is 2.37. The summed E-state index contributed by atoms with van der Waals surface area (Å²) in [6.07, 6.45) is 2.07. The van der Waals surface area contributed by atoms with Crippen LogP contribution in [-0.4, -0.2) is 17.1 Å². The summed E-state index contributed by atoms with van der Waals surface area (Å²) >= 11 is 6.83. The molecule has 6 heteroatoms. The first-order chi connectivity index (χ1) is 9.08. The monoisotopic (exact) mass is 388 g/mol. The fourth-order valence-electron chi connectivity index (χ4n) is 1.66. The predicted octanol–water partition coefficient (Wildman–Crippen LogP) is 4.07. The number of ether oxygens (including phenoxy) is 1. The lowest BCUT2D eigenvalue weighted by molar-refractivity contribution is 0.396. The van der Waals surface area contributed by atoms with Crippen LogP contribution >= 0.6 is 31.9 Å². The zero-order valence-corrected chi connectivity index (χ0v) is 13.3. The molecule has 0 bridgehead atoms. The van der Waals surface area contributed by atoms with E-state index >= 15 is 0 Å². The maximum Gasteiger partial charge on any atom is 0.216 e. The van der Waals surface area contributed by atoms with Crippen molar-refractivity contribution in [3.05, 3.63) is 52.1 Å². The van der Waals surface area contributed by atoms with Crippen LogP contribution in [0.25, 0.3) is 0 Å². The Morgan fingerprint density at radius 1 is 1.26 bits per heavy atom. The Kier molecular flexibility index (Phi) is 4.87. The summed E-state index contributed by atoms with van der Waals surface area (Å²) in [5, 5.41) is 0. The van der Waals surface area contributed by atoms with Gasteiger partial charge < -0.3 is 4.74 Å². The van der Waals surface area contributed by atoms with Crippen molar-refractivity contribution in [2.24, 2.45) is 0 Å². The zero-order valence-electron chi connectivity index (χ0n) is 10.1. The van der Waals surface area contributed by atoms with Crippen molar-refractivity contribution in [1.29, 1.82) is 0 Å². The number of hydrogen-bond donors (Lipinski definition) is 0. The van der Waals surface area contributed by atoms with E-state index in [4.69, 9.17) is 4.74 Å². The molecule has 1 atom stereocenters. The molecule has 0 aliphatic carbocycles. The molecule has 0 N–H and O–H groups in total. The third kappa shape index (κ3) is 3.98. The van der Waals surface area contributed by atoms with Gasteiger partial charge in [0.25, 0.3) is 0 Å². The van der Waals surface area contributed by atoms with Crippen molar-refractivity contribution < 1.29 is 9.13 Å². The fourth-order valence-corrected chi connectivity index (χ4v) is 2.74. The van der Waals surface area contributed by atoms with Crippen LogP contribution < -0.4 is 4.74 Å². The first-order valence-electron chi connectivity index (χ1n) is 5.53. The van der Waals surface area contributed by atoms with Crippen LogP contribution in [0.1, 0.15) is 16.1 Å². The normalized spacial score (nSPS) is 12.2. The Labute approximate surface area is 127 Å². The topological polar surface area (TPSA) is 35.0 Å². The number of nitrogens with zero attached hydrogens (tertiary/aromatic N) is 2. The first-order valence-corrected chi connectivity index (χ1v) is 7.24. The van der Waals surface area contributed by atoms with E-state index in [0.717, 1.165) is 11.3 Å². The number of alkyl halides is 1. The Bertz CT molecular complexity index is 560. The molecule has 0 aliphatic rings. The fraction of sp³-hybridized carbons (Fsp3) is 0.231. The minimum absolute atomic E-state index is 0.0286. The van der Waals surface area contributed by atoms with Gasteiger partial charge in [-0.05, 0) is 23.8 Å². The molecular formula is C13H11Br2FN2O. The summed E-state index contributed by atoms with van der Waals surface area (Å²) in [5.74, 6) is 0.249. The SMILES string of the molecule is COc1cc(CC(Br)c2cc(F)cc(Br)c2)ncn1. The second kappa shape index (κ2) is 6.43. The van der Waals surface area contributed by atoms with Crippen molar-refractivity contribution in [3.63, 3.8) is 0 Å². The maximum absolute atomic E-state index is 13.3. The van der Waals surface area contributed by atoms with Crippen LogP contribution in [0.3, 0.4) is 0 Å². The van der Waals surface area contributed by atoms with Gasteiger partial charge in [-0.1, -0.05) is 31.9 Å². The number of halogens is 3. The van der Waals surface area contributed by atoms with Gasteiger partial charge in [0.05, 0.1) is 7.11 Å². The summed E-state index contributed by atoms with van der Waals surface area (Å²) in [6, 6.07) is 6.57. The van der Waals surface area contributed by atoms with Crippen LogP contribution in [0.5, 0.6) is 5.88 Å². The van der Waals surface area contributed by atoms with E-state index in [1.807, 2.05) is 6.07 Å². The summed E-state index contributed by atoms with van der Waals surface area (Å²) in [4.78, 5) is 8.09.